The summed E-state index contributed by atoms with van der Waals surface area (Å²) in [5.41, 5.74) is 0.519. The van der Waals surface area contributed by atoms with Gasteiger partial charge in [0, 0.05) is 18.1 Å². The van der Waals surface area contributed by atoms with Crippen LogP contribution in [0.3, 0.4) is 0 Å². The molecule has 2 aliphatic rings. The Morgan fingerprint density at radius 3 is 2.60 bits per heavy atom. The molecule has 0 aromatic rings. The van der Waals surface area contributed by atoms with E-state index in [1.165, 1.54) is 45.1 Å². The van der Waals surface area contributed by atoms with Crippen molar-refractivity contribution in [3.05, 3.63) is 0 Å². The van der Waals surface area contributed by atoms with E-state index in [1.807, 2.05) is 0 Å². The third-order valence-corrected chi connectivity index (χ3v) is 4.33. The molecule has 0 aromatic heterocycles. The average molecular weight is 211 g/mol. The number of rotatable bonds is 5. The zero-order valence-electron chi connectivity index (χ0n) is 10.2. The van der Waals surface area contributed by atoms with Crippen LogP contribution in [0.25, 0.3) is 0 Å². The smallest absolute Gasteiger partial charge is 0.0661 e. The van der Waals surface area contributed by atoms with E-state index < -0.39 is 0 Å². The van der Waals surface area contributed by atoms with Gasteiger partial charge >= 0.3 is 0 Å². The Bertz CT molecular complexity index is 199. The van der Waals surface area contributed by atoms with Gasteiger partial charge in [0.05, 0.1) is 6.10 Å². The largest absolute Gasteiger partial charge is 0.378 e. The lowest BCUT2D eigenvalue weighted by Crippen LogP contribution is -2.62. The summed E-state index contributed by atoms with van der Waals surface area (Å²) >= 11 is 0. The van der Waals surface area contributed by atoms with Gasteiger partial charge in [0.25, 0.3) is 0 Å². The Morgan fingerprint density at radius 1 is 1.27 bits per heavy atom. The third-order valence-electron chi connectivity index (χ3n) is 4.33. The van der Waals surface area contributed by atoms with E-state index >= 15 is 0 Å². The van der Waals surface area contributed by atoms with E-state index in [1.54, 1.807) is 0 Å². The highest BCUT2D eigenvalue weighted by Gasteiger charge is 2.56. The third kappa shape index (κ3) is 1.94. The first-order valence-electron chi connectivity index (χ1n) is 6.68. The highest BCUT2D eigenvalue weighted by molar-refractivity contribution is 5.09. The standard InChI is InChI=1S/C13H25NO/c1-3-9-14-11-10-12(15-4-2)13(11)7-5-6-8-13/h11-12,14H,3-10H2,1-2H3/t11-,12-/m0/s1. The molecule has 0 aliphatic heterocycles. The van der Waals surface area contributed by atoms with Crippen LogP contribution in [-0.2, 0) is 4.74 Å². The summed E-state index contributed by atoms with van der Waals surface area (Å²) in [4.78, 5) is 0. The van der Waals surface area contributed by atoms with Crippen LogP contribution >= 0.6 is 0 Å². The van der Waals surface area contributed by atoms with Crippen LogP contribution < -0.4 is 5.32 Å². The van der Waals surface area contributed by atoms with Crippen molar-refractivity contribution < 1.29 is 4.74 Å². The Hall–Kier alpha value is -0.0800. The minimum Gasteiger partial charge on any atom is -0.378 e. The van der Waals surface area contributed by atoms with Crippen LogP contribution in [0.2, 0.25) is 0 Å². The van der Waals surface area contributed by atoms with Gasteiger partial charge in [-0.1, -0.05) is 19.8 Å². The fourth-order valence-electron chi connectivity index (χ4n) is 3.49. The van der Waals surface area contributed by atoms with Crippen LogP contribution in [0.5, 0.6) is 0 Å². The van der Waals surface area contributed by atoms with Crippen LogP contribution in [0.1, 0.15) is 52.4 Å². The maximum absolute atomic E-state index is 5.89. The molecule has 2 nitrogen and oxygen atoms in total. The summed E-state index contributed by atoms with van der Waals surface area (Å²) in [6.45, 7) is 6.42. The second kappa shape index (κ2) is 4.84. The van der Waals surface area contributed by atoms with E-state index in [0.717, 1.165) is 12.6 Å². The van der Waals surface area contributed by atoms with Crippen LogP contribution in [0.4, 0.5) is 0 Å². The second-order valence-corrected chi connectivity index (χ2v) is 5.13. The van der Waals surface area contributed by atoms with Gasteiger partial charge in [-0.15, -0.1) is 0 Å². The molecule has 15 heavy (non-hydrogen) atoms. The first-order valence-corrected chi connectivity index (χ1v) is 6.68. The summed E-state index contributed by atoms with van der Waals surface area (Å²) in [6.07, 6.45) is 8.64. The Labute approximate surface area is 93.8 Å². The fraction of sp³-hybridized carbons (Fsp3) is 1.00. The van der Waals surface area contributed by atoms with E-state index in [9.17, 15) is 0 Å². The molecule has 2 aliphatic carbocycles. The molecule has 88 valence electrons. The molecular formula is C13H25NO. The molecule has 2 atom stereocenters. The number of ether oxygens (including phenoxy) is 1. The van der Waals surface area contributed by atoms with Crippen molar-refractivity contribution in [3.63, 3.8) is 0 Å². The molecular weight excluding hydrogens is 186 g/mol. The van der Waals surface area contributed by atoms with Crippen LogP contribution in [-0.4, -0.2) is 25.3 Å². The summed E-state index contributed by atoms with van der Waals surface area (Å²) in [6, 6.07) is 0.747. The number of hydrogen-bond acceptors (Lipinski definition) is 2. The molecule has 1 spiro atoms. The van der Waals surface area contributed by atoms with Crippen molar-refractivity contribution in [1.82, 2.24) is 5.32 Å². The molecule has 0 heterocycles. The number of nitrogens with one attached hydrogen (secondary N) is 1. The Morgan fingerprint density at radius 2 is 2.00 bits per heavy atom. The molecule has 2 heteroatoms. The zero-order chi connectivity index (χ0) is 10.7. The topological polar surface area (TPSA) is 21.3 Å². The summed E-state index contributed by atoms with van der Waals surface area (Å²) in [5.74, 6) is 0. The minimum absolute atomic E-state index is 0.519. The van der Waals surface area contributed by atoms with Gasteiger partial charge in [0.1, 0.15) is 0 Å². The monoisotopic (exact) mass is 211 g/mol. The molecule has 0 aromatic carbocycles. The summed E-state index contributed by atoms with van der Waals surface area (Å²) in [7, 11) is 0. The Kier molecular flexibility index (Phi) is 3.68. The molecule has 0 radical (unpaired) electrons. The average Bonchev–Trinajstić information content (AvgIpc) is 2.74. The lowest BCUT2D eigenvalue weighted by atomic mass is 9.60. The summed E-state index contributed by atoms with van der Waals surface area (Å²) < 4.78 is 5.89. The van der Waals surface area contributed by atoms with E-state index in [0.29, 0.717) is 11.5 Å². The maximum atomic E-state index is 5.89. The van der Waals surface area contributed by atoms with Gasteiger partial charge in [0.15, 0.2) is 0 Å². The lowest BCUT2D eigenvalue weighted by molar-refractivity contribution is -0.130. The van der Waals surface area contributed by atoms with Gasteiger partial charge in [-0.3, -0.25) is 0 Å². The molecule has 0 saturated heterocycles. The maximum Gasteiger partial charge on any atom is 0.0661 e. The molecule has 0 amide bonds. The van der Waals surface area contributed by atoms with Crippen molar-refractivity contribution in [2.24, 2.45) is 5.41 Å². The van der Waals surface area contributed by atoms with Gasteiger partial charge in [-0.05, 0) is 39.2 Å². The highest BCUT2D eigenvalue weighted by atomic mass is 16.5. The number of hydrogen-bond donors (Lipinski definition) is 1. The highest BCUT2D eigenvalue weighted by Crippen LogP contribution is 2.54. The SMILES string of the molecule is CCCN[C@H]1C[C@H](OCC)C12CCCC2. The van der Waals surface area contributed by atoms with Crippen LogP contribution in [0.15, 0.2) is 0 Å². The fourth-order valence-corrected chi connectivity index (χ4v) is 3.49. The molecule has 2 rings (SSSR count). The molecule has 0 bridgehead atoms. The molecule has 2 saturated carbocycles. The first-order chi connectivity index (χ1) is 7.33. The van der Waals surface area contributed by atoms with Crippen LogP contribution in [0, 0.1) is 5.41 Å². The van der Waals surface area contributed by atoms with Crippen molar-refractivity contribution in [2.75, 3.05) is 13.2 Å². The van der Waals surface area contributed by atoms with E-state index in [4.69, 9.17) is 4.74 Å². The van der Waals surface area contributed by atoms with Crippen molar-refractivity contribution in [1.29, 1.82) is 0 Å². The van der Waals surface area contributed by atoms with Gasteiger partial charge < -0.3 is 10.1 Å². The zero-order valence-corrected chi connectivity index (χ0v) is 10.2. The van der Waals surface area contributed by atoms with Crippen molar-refractivity contribution in [2.45, 2.75) is 64.5 Å². The molecule has 2 fully saturated rings. The van der Waals surface area contributed by atoms with Gasteiger partial charge in [-0.2, -0.15) is 0 Å². The molecule has 0 unspecified atom stereocenters. The second-order valence-electron chi connectivity index (χ2n) is 5.13. The predicted octanol–water partition coefficient (Wildman–Crippen LogP) is 2.72. The lowest BCUT2D eigenvalue weighted by Gasteiger charge is -2.54. The quantitative estimate of drug-likeness (QED) is 0.755. The van der Waals surface area contributed by atoms with E-state index in [2.05, 4.69) is 19.2 Å². The van der Waals surface area contributed by atoms with E-state index in [-0.39, 0.29) is 0 Å². The molecule has 1 N–H and O–H groups in total. The first kappa shape index (κ1) is 11.4. The normalized spacial score (nSPS) is 33.2. The van der Waals surface area contributed by atoms with Crippen molar-refractivity contribution >= 4 is 0 Å². The Balaban J connectivity index is 1.92. The van der Waals surface area contributed by atoms with Gasteiger partial charge in [0.2, 0.25) is 0 Å². The summed E-state index contributed by atoms with van der Waals surface area (Å²) in [5, 5.41) is 3.71. The van der Waals surface area contributed by atoms with Gasteiger partial charge in [-0.25, -0.2) is 0 Å². The minimum atomic E-state index is 0.519. The van der Waals surface area contributed by atoms with Crippen molar-refractivity contribution in [3.8, 4) is 0 Å². The predicted molar refractivity (Wildman–Crippen MR) is 63.0 cm³/mol.